The van der Waals surface area contributed by atoms with E-state index < -0.39 is 18.5 Å². The van der Waals surface area contributed by atoms with Crippen molar-refractivity contribution in [2.75, 3.05) is 23.4 Å². The van der Waals surface area contributed by atoms with E-state index in [1.165, 1.54) is 4.90 Å². The van der Waals surface area contributed by atoms with Crippen molar-refractivity contribution in [3.8, 4) is 11.5 Å². The van der Waals surface area contributed by atoms with Crippen molar-refractivity contribution in [2.45, 2.75) is 0 Å². The van der Waals surface area contributed by atoms with Crippen LogP contribution in [0, 0.1) is 0 Å². The highest BCUT2D eigenvalue weighted by atomic mass is 16.5. The second-order valence-electron chi connectivity index (χ2n) is 6.53. The maximum Gasteiger partial charge on any atom is 0.342 e. The zero-order valence-corrected chi connectivity index (χ0v) is 15.9. The number of rotatable bonds is 5. The number of amides is 2. The minimum Gasteiger partial charge on any atom is -0.456 e. The zero-order valence-electron chi connectivity index (χ0n) is 15.9. The molecule has 1 N–H and O–H groups in total. The van der Waals surface area contributed by atoms with Gasteiger partial charge < -0.3 is 14.8 Å². The molecule has 1 heterocycles. The number of fused-ring (bicyclic) bond motifs is 1. The lowest BCUT2D eigenvalue weighted by atomic mass is 10.2. The first-order chi connectivity index (χ1) is 14.6. The number of benzene rings is 3. The van der Waals surface area contributed by atoms with Gasteiger partial charge >= 0.3 is 5.97 Å². The largest absolute Gasteiger partial charge is 0.456 e. The van der Waals surface area contributed by atoms with Crippen LogP contribution in [-0.4, -0.2) is 30.9 Å². The van der Waals surface area contributed by atoms with Crippen molar-refractivity contribution in [1.82, 2.24) is 0 Å². The van der Waals surface area contributed by atoms with E-state index in [-0.39, 0.29) is 18.0 Å². The summed E-state index contributed by atoms with van der Waals surface area (Å²) in [7, 11) is 0. The lowest BCUT2D eigenvalue weighted by molar-refractivity contribution is -0.124. The van der Waals surface area contributed by atoms with Gasteiger partial charge in [0.1, 0.15) is 23.6 Å². The van der Waals surface area contributed by atoms with Gasteiger partial charge in [0.05, 0.1) is 11.4 Å². The third kappa shape index (κ3) is 4.15. The molecule has 2 amide bonds. The molecule has 4 rings (SSSR count). The van der Waals surface area contributed by atoms with Gasteiger partial charge in [-0.3, -0.25) is 14.5 Å². The lowest BCUT2D eigenvalue weighted by Crippen LogP contribution is -2.44. The van der Waals surface area contributed by atoms with Crippen molar-refractivity contribution < 1.29 is 23.9 Å². The summed E-state index contributed by atoms with van der Waals surface area (Å²) in [5, 5.41) is 2.71. The van der Waals surface area contributed by atoms with Crippen molar-refractivity contribution in [3.63, 3.8) is 0 Å². The number of ether oxygens (including phenoxy) is 2. The summed E-state index contributed by atoms with van der Waals surface area (Å²) < 4.78 is 11.0. The molecule has 0 saturated carbocycles. The SMILES string of the molecule is O=C1CN(C(=O)COC(=O)c2ccccc2Oc2ccccc2)c2ccccc2N1. The van der Waals surface area contributed by atoms with Gasteiger partial charge in [-0.1, -0.05) is 42.5 Å². The van der Waals surface area contributed by atoms with Gasteiger partial charge in [0.2, 0.25) is 5.91 Å². The maximum absolute atomic E-state index is 12.7. The molecular weight excluding hydrogens is 384 g/mol. The van der Waals surface area contributed by atoms with Crippen LogP contribution in [0.3, 0.4) is 0 Å². The van der Waals surface area contributed by atoms with Crippen LogP contribution in [0.2, 0.25) is 0 Å². The molecule has 0 saturated heterocycles. The molecule has 0 aliphatic carbocycles. The molecule has 0 spiro atoms. The van der Waals surface area contributed by atoms with Gasteiger partial charge in [-0.2, -0.15) is 0 Å². The first kappa shape index (κ1) is 19.2. The molecule has 1 aliphatic heterocycles. The Morgan fingerprint density at radius 1 is 0.900 bits per heavy atom. The summed E-state index contributed by atoms with van der Waals surface area (Å²) in [6, 6.07) is 22.6. The predicted octanol–water partition coefficient (Wildman–Crippen LogP) is 3.62. The molecule has 0 unspecified atom stereocenters. The van der Waals surface area contributed by atoms with E-state index in [4.69, 9.17) is 9.47 Å². The number of carbonyl (C=O) groups is 3. The number of nitrogens with zero attached hydrogens (tertiary/aromatic N) is 1. The van der Waals surface area contributed by atoms with Crippen LogP contribution in [0.15, 0.2) is 78.9 Å². The quantitative estimate of drug-likeness (QED) is 0.659. The number of hydrogen-bond donors (Lipinski definition) is 1. The molecule has 3 aromatic rings. The predicted molar refractivity (Wildman–Crippen MR) is 111 cm³/mol. The normalized spacial score (nSPS) is 12.5. The Morgan fingerprint density at radius 3 is 2.43 bits per heavy atom. The fourth-order valence-electron chi connectivity index (χ4n) is 3.08. The van der Waals surface area contributed by atoms with Gasteiger partial charge in [-0.05, 0) is 36.4 Å². The summed E-state index contributed by atoms with van der Waals surface area (Å²) in [4.78, 5) is 38.4. The van der Waals surface area contributed by atoms with E-state index >= 15 is 0 Å². The first-order valence-electron chi connectivity index (χ1n) is 9.30. The van der Waals surface area contributed by atoms with Crippen LogP contribution in [0.5, 0.6) is 11.5 Å². The molecular formula is C23H18N2O5. The standard InChI is InChI=1S/C23H18N2O5/c26-21-14-25(19-12-6-5-11-18(19)24-21)22(27)15-29-23(28)17-10-4-7-13-20(17)30-16-8-2-1-3-9-16/h1-13H,14-15H2,(H,24,26). The third-order valence-electron chi connectivity index (χ3n) is 4.48. The van der Waals surface area contributed by atoms with E-state index in [2.05, 4.69) is 5.32 Å². The molecule has 0 radical (unpaired) electrons. The molecule has 150 valence electrons. The van der Waals surface area contributed by atoms with Crippen LogP contribution in [0.4, 0.5) is 11.4 Å². The van der Waals surface area contributed by atoms with E-state index in [9.17, 15) is 14.4 Å². The minimum absolute atomic E-state index is 0.138. The second kappa shape index (κ2) is 8.48. The van der Waals surface area contributed by atoms with Crippen LogP contribution < -0.4 is 15.0 Å². The van der Waals surface area contributed by atoms with Crippen molar-refractivity contribution in [1.29, 1.82) is 0 Å². The maximum atomic E-state index is 12.7. The number of hydrogen-bond acceptors (Lipinski definition) is 5. The monoisotopic (exact) mass is 402 g/mol. The molecule has 0 fully saturated rings. The van der Waals surface area contributed by atoms with Crippen molar-refractivity contribution in [2.24, 2.45) is 0 Å². The van der Waals surface area contributed by atoms with Gasteiger partial charge in [0, 0.05) is 0 Å². The summed E-state index contributed by atoms with van der Waals surface area (Å²) in [5.41, 5.74) is 1.30. The van der Waals surface area contributed by atoms with E-state index in [1.54, 1.807) is 60.7 Å². The van der Waals surface area contributed by atoms with Crippen molar-refractivity contribution in [3.05, 3.63) is 84.4 Å². The molecule has 0 atom stereocenters. The van der Waals surface area contributed by atoms with Crippen LogP contribution in [0.1, 0.15) is 10.4 Å². The first-order valence-corrected chi connectivity index (χ1v) is 9.30. The molecule has 0 bridgehead atoms. The number of esters is 1. The highest BCUT2D eigenvalue weighted by molar-refractivity contribution is 6.10. The third-order valence-corrected chi connectivity index (χ3v) is 4.48. The van der Waals surface area contributed by atoms with Crippen LogP contribution >= 0.6 is 0 Å². The van der Waals surface area contributed by atoms with Crippen molar-refractivity contribution >= 4 is 29.2 Å². The smallest absolute Gasteiger partial charge is 0.342 e. The average molecular weight is 402 g/mol. The van der Waals surface area contributed by atoms with Crippen LogP contribution in [-0.2, 0) is 14.3 Å². The Balaban J connectivity index is 1.46. The molecule has 1 aliphatic rings. The fourth-order valence-corrected chi connectivity index (χ4v) is 3.08. The van der Waals surface area contributed by atoms with Gasteiger partial charge in [-0.25, -0.2) is 4.79 Å². The fraction of sp³-hybridized carbons (Fsp3) is 0.0870. The van der Waals surface area contributed by atoms with Crippen LogP contribution in [0.25, 0.3) is 0 Å². The zero-order chi connectivity index (χ0) is 20.9. The Labute approximate surface area is 172 Å². The van der Waals surface area contributed by atoms with E-state index in [1.807, 2.05) is 18.2 Å². The highest BCUT2D eigenvalue weighted by Gasteiger charge is 2.27. The average Bonchev–Trinajstić information content (AvgIpc) is 2.77. The minimum atomic E-state index is -0.690. The topological polar surface area (TPSA) is 84.9 Å². The Hall–Kier alpha value is -4.13. The number of carbonyl (C=O) groups excluding carboxylic acids is 3. The van der Waals surface area contributed by atoms with E-state index in [0.29, 0.717) is 22.9 Å². The molecule has 0 aromatic heterocycles. The number of nitrogens with one attached hydrogen (secondary N) is 1. The molecule has 30 heavy (non-hydrogen) atoms. The number of para-hydroxylation sites is 4. The summed E-state index contributed by atoms with van der Waals surface area (Å²) in [6.07, 6.45) is 0. The Bertz CT molecular complexity index is 1100. The summed E-state index contributed by atoms with van der Waals surface area (Å²) in [5.74, 6) is -0.597. The summed E-state index contributed by atoms with van der Waals surface area (Å²) >= 11 is 0. The van der Waals surface area contributed by atoms with Gasteiger partial charge in [-0.15, -0.1) is 0 Å². The highest BCUT2D eigenvalue weighted by Crippen LogP contribution is 2.29. The molecule has 3 aromatic carbocycles. The second-order valence-corrected chi connectivity index (χ2v) is 6.53. The Kier molecular flexibility index (Phi) is 5.43. The molecule has 7 nitrogen and oxygen atoms in total. The summed E-state index contributed by atoms with van der Waals surface area (Å²) in [6.45, 7) is -0.638. The molecule has 7 heteroatoms. The Morgan fingerprint density at radius 2 is 1.60 bits per heavy atom. The lowest BCUT2D eigenvalue weighted by Gasteiger charge is -2.28. The van der Waals surface area contributed by atoms with Gasteiger partial charge in [0.15, 0.2) is 6.61 Å². The number of anilines is 2. The van der Waals surface area contributed by atoms with E-state index in [0.717, 1.165) is 0 Å². The van der Waals surface area contributed by atoms with Gasteiger partial charge in [0.25, 0.3) is 5.91 Å².